The van der Waals surface area contributed by atoms with Gasteiger partial charge in [0.1, 0.15) is 6.54 Å². The van der Waals surface area contributed by atoms with Crippen molar-refractivity contribution < 1.29 is 9.59 Å². The fourth-order valence-electron chi connectivity index (χ4n) is 4.64. The van der Waals surface area contributed by atoms with Gasteiger partial charge in [0.2, 0.25) is 11.8 Å². The van der Waals surface area contributed by atoms with E-state index in [1.54, 1.807) is 48.5 Å². The number of carbonyl (C=O) groups excluding carboxylic acids is 2. The van der Waals surface area contributed by atoms with Gasteiger partial charge in [0, 0.05) is 12.6 Å². The third kappa shape index (κ3) is 5.70. The minimum atomic E-state index is -0.569. The Morgan fingerprint density at radius 2 is 1.66 bits per heavy atom. The highest BCUT2D eigenvalue weighted by Crippen LogP contribution is 2.17. The molecule has 1 heterocycles. The molecule has 8 nitrogen and oxygen atoms in total. The van der Waals surface area contributed by atoms with E-state index in [1.165, 1.54) is 11.0 Å². The van der Waals surface area contributed by atoms with Crippen LogP contribution in [0.4, 0.5) is 0 Å². The third-order valence-electron chi connectivity index (χ3n) is 6.45. The molecule has 3 aromatic rings. The van der Waals surface area contributed by atoms with Crippen molar-refractivity contribution in [1.29, 1.82) is 0 Å². The number of benzene rings is 2. The molecule has 35 heavy (non-hydrogen) atoms. The zero-order chi connectivity index (χ0) is 24.8. The first-order valence-electron chi connectivity index (χ1n) is 12.4. The second-order valence-electron chi connectivity index (χ2n) is 9.12. The molecule has 0 atom stereocenters. The predicted molar refractivity (Wildman–Crippen MR) is 136 cm³/mol. The molecule has 4 rings (SSSR count). The molecule has 0 spiro atoms. The molecule has 1 aliphatic rings. The van der Waals surface area contributed by atoms with Crippen molar-refractivity contribution in [2.75, 3.05) is 6.54 Å². The first kappa shape index (κ1) is 24.4. The SMILES string of the molecule is CCCNC(=O)Cc1ccc(-n2c(=O)c3ccccc3n(CC(=O)NC3CCCCC3)c2=O)cc1. The van der Waals surface area contributed by atoms with E-state index in [0.717, 1.165) is 42.2 Å². The van der Waals surface area contributed by atoms with Crippen molar-refractivity contribution in [2.45, 2.75) is 64.5 Å². The molecule has 2 N–H and O–H groups in total. The number of fused-ring (bicyclic) bond motifs is 1. The summed E-state index contributed by atoms with van der Waals surface area (Å²) in [6.07, 6.45) is 6.35. The van der Waals surface area contributed by atoms with Crippen molar-refractivity contribution in [3.05, 3.63) is 74.9 Å². The van der Waals surface area contributed by atoms with Crippen LogP contribution in [-0.2, 0) is 22.6 Å². The lowest BCUT2D eigenvalue weighted by Gasteiger charge is -2.23. The third-order valence-corrected chi connectivity index (χ3v) is 6.45. The number of nitrogens with zero attached hydrogens (tertiary/aromatic N) is 2. The van der Waals surface area contributed by atoms with E-state index in [2.05, 4.69) is 10.6 Å². The van der Waals surface area contributed by atoms with E-state index in [0.29, 0.717) is 23.1 Å². The number of carbonyl (C=O) groups is 2. The van der Waals surface area contributed by atoms with Gasteiger partial charge in [-0.05, 0) is 49.1 Å². The first-order chi connectivity index (χ1) is 17.0. The van der Waals surface area contributed by atoms with E-state index in [-0.39, 0.29) is 30.8 Å². The van der Waals surface area contributed by atoms with Crippen LogP contribution in [0, 0.1) is 0 Å². The second kappa shape index (κ2) is 11.2. The maximum atomic E-state index is 13.5. The van der Waals surface area contributed by atoms with Crippen LogP contribution in [0.2, 0.25) is 0 Å². The lowest BCUT2D eigenvalue weighted by molar-refractivity contribution is -0.122. The number of nitrogens with one attached hydrogen (secondary N) is 2. The largest absolute Gasteiger partial charge is 0.356 e. The molecular formula is C27H32N4O4. The van der Waals surface area contributed by atoms with Crippen LogP contribution in [-0.4, -0.2) is 33.5 Å². The highest BCUT2D eigenvalue weighted by atomic mass is 16.2. The Morgan fingerprint density at radius 3 is 2.37 bits per heavy atom. The summed E-state index contributed by atoms with van der Waals surface area (Å²) in [5.74, 6) is -0.309. The van der Waals surface area contributed by atoms with E-state index in [9.17, 15) is 19.2 Å². The van der Waals surface area contributed by atoms with E-state index < -0.39 is 11.2 Å². The number of amides is 2. The van der Waals surface area contributed by atoms with Crippen LogP contribution in [0.3, 0.4) is 0 Å². The Labute approximate surface area is 204 Å². The average molecular weight is 477 g/mol. The van der Waals surface area contributed by atoms with Crippen molar-refractivity contribution in [1.82, 2.24) is 19.8 Å². The minimum absolute atomic E-state index is 0.0752. The van der Waals surface area contributed by atoms with Gasteiger partial charge in [0.15, 0.2) is 0 Å². The highest BCUT2D eigenvalue weighted by molar-refractivity contribution is 5.82. The second-order valence-corrected chi connectivity index (χ2v) is 9.12. The Bertz CT molecular complexity index is 1320. The summed E-state index contributed by atoms with van der Waals surface area (Å²) in [5, 5.41) is 6.25. The minimum Gasteiger partial charge on any atom is -0.356 e. The number of hydrogen-bond acceptors (Lipinski definition) is 4. The maximum absolute atomic E-state index is 13.5. The highest BCUT2D eigenvalue weighted by Gasteiger charge is 2.19. The quantitative estimate of drug-likeness (QED) is 0.522. The summed E-state index contributed by atoms with van der Waals surface area (Å²) in [6, 6.07) is 13.8. The summed E-state index contributed by atoms with van der Waals surface area (Å²) in [5.41, 5.74) is 0.596. The van der Waals surface area contributed by atoms with Crippen LogP contribution < -0.4 is 21.9 Å². The summed E-state index contributed by atoms with van der Waals surface area (Å²) in [7, 11) is 0. The number of aromatic nitrogens is 2. The Kier molecular flexibility index (Phi) is 7.80. The predicted octanol–water partition coefficient (Wildman–Crippen LogP) is 2.67. The number of rotatable bonds is 8. The average Bonchev–Trinajstić information content (AvgIpc) is 2.87. The smallest absolute Gasteiger partial charge is 0.336 e. The molecule has 1 aliphatic carbocycles. The lowest BCUT2D eigenvalue weighted by Crippen LogP contribution is -2.44. The van der Waals surface area contributed by atoms with Crippen LogP contribution in [0.15, 0.2) is 58.1 Å². The van der Waals surface area contributed by atoms with Crippen molar-refractivity contribution in [3.63, 3.8) is 0 Å². The molecule has 0 bridgehead atoms. The van der Waals surface area contributed by atoms with Crippen LogP contribution in [0.25, 0.3) is 16.6 Å². The summed E-state index contributed by atoms with van der Waals surface area (Å²) in [6.45, 7) is 2.45. The molecule has 2 amide bonds. The molecule has 1 saturated carbocycles. The molecule has 0 unspecified atom stereocenters. The number of hydrogen-bond donors (Lipinski definition) is 2. The molecule has 0 radical (unpaired) electrons. The molecule has 0 saturated heterocycles. The van der Waals surface area contributed by atoms with E-state index in [4.69, 9.17) is 0 Å². The zero-order valence-corrected chi connectivity index (χ0v) is 20.1. The Morgan fingerprint density at radius 1 is 0.943 bits per heavy atom. The lowest BCUT2D eigenvalue weighted by atomic mass is 9.95. The molecular weight excluding hydrogens is 444 g/mol. The van der Waals surface area contributed by atoms with Crippen molar-refractivity contribution in [2.24, 2.45) is 0 Å². The van der Waals surface area contributed by atoms with Gasteiger partial charge >= 0.3 is 5.69 Å². The molecule has 2 aromatic carbocycles. The van der Waals surface area contributed by atoms with Gasteiger partial charge in [0.25, 0.3) is 5.56 Å². The van der Waals surface area contributed by atoms with Gasteiger partial charge in [-0.15, -0.1) is 0 Å². The Hall–Kier alpha value is -3.68. The first-order valence-corrected chi connectivity index (χ1v) is 12.4. The zero-order valence-electron chi connectivity index (χ0n) is 20.1. The van der Waals surface area contributed by atoms with Crippen LogP contribution in [0.5, 0.6) is 0 Å². The fraction of sp³-hybridized carbons (Fsp3) is 0.407. The van der Waals surface area contributed by atoms with Crippen molar-refractivity contribution >= 4 is 22.7 Å². The van der Waals surface area contributed by atoms with Crippen LogP contribution >= 0.6 is 0 Å². The molecule has 1 aromatic heterocycles. The van der Waals surface area contributed by atoms with Gasteiger partial charge in [-0.1, -0.05) is 50.5 Å². The Balaban J connectivity index is 1.66. The standard InChI is InChI=1S/C27H32N4O4/c1-2-16-28-24(32)17-19-12-14-21(15-13-19)31-26(34)22-10-6-7-11-23(22)30(27(31)35)18-25(33)29-20-8-4-3-5-9-20/h6-7,10-15,20H,2-5,8-9,16-18H2,1H3,(H,28,32)(H,29,33). The fourth-order valence-corrected chi connectivity index (χ4v) is 4.64. The number of para-hydroxylation sites is 1. The topological polar surface area (TPSA) is 102 Å². The van der Waals surface area contributed by atoms with Gasteiger partial charge < -0.3 is 10.6 Å². The van der Waals surface area contributed by atoms with Crippen molar-refractivity contribution in [3.8, 4) is 5.69 Å². The van der Waals surface area contributed by atoms with Gasteiger partial charge in [-0.3, -0.25) is 19.0 Å². The van der Waals surface area contributed by atoms with Gasteiger partial charge in [0.05, 0.1) is 23.0 Å². The van der Waals surface area contributed by atoms with E-state index in [1.807, 2.05) is 6.92 Å². The summed E-state index contributed by atoms with van der Waals surface area (Å²) in [4.78, 5) is 51.6. The molecule has 1 fully saturated rings. The molecule has 8 heteroatoms. The molecule has 0 aliphatic heterocycles. The van der Waals surface area contributed by atoms with E-state index >= 15 is 0 Å². The maximum Gasteiger partial charge on any atom is 0.336 e. The van der Waals surface area contributed by atoms with Gasteiger partial charge in [-0.25, -0.2) is 9.36 Å². The summed E-state index contributed by atoms with van der Waals surface area (Å²) < 4.78 is 2.46. The normalized spacial score (nSPS) is 14.1. The summed E-state index contributed by atoms with van der Waals surface area (Å²) >= 11 is 0. The van der Waals surface area contributed by atoms with Crippen LogP contribution in [0.1, 0.15) is 51.0 Å². The van der Waals surface area contributed by atoms with Gasteiger partial charge in [-0.2, -0.15) is 0 Å². The monoisotopic (exact) mass is 476 g/mol. The molecule has 184 valence electrons.